The molecule has 0 fully saturated rings. The minimum atomic E-state index is 0.367. The predicted octanol–water partition coefficient (Wildman–Crippen LogP) is 3.58. The first-order valence-electron chi connectivity index (χ1n) is 5.12. The van der Waals surface area contributed by atoms with Gasteiger partial charge in [-0.25, -0.2) is 0 Å². The van der Waals surface area contributed by atoms with Crippen LogP contribution in [0.25, 0.3) is 10.8 Å². The van der Waals surface area contributed by atoms with E-state index in [-0.39, 0.29) is 0 Å². The maximum absolute atomic E-state index is 5.96. The maximum Gasteiger partial charge on any atom is 0.130 e. The van der Waals surface area contributed by atoms with Gasteiger partial charge < -0.3 is 4.74 Å². The van der Waals surface area contributed by atoms with Gasteiger partial charge >= 0.3 is 0 Å². The molecule has 1 unspecified atom stereocenters. The summed E-state index contributed by atoms with van der Waals surface area (Å²) in [4.78, 5) is 0. The van der Waals surface area contributed by atoms with Crippen LogP contribution in [-0.4, -0.2) is 10.5 Å². The number of alkyl halides is 1. The minimum Gasteiger partial charge on any atom is -0.488 e. The van der Waals surface area contributed by atoms with Gasteiger partial charge in [0.05, 0.1) is 0 Å². The topological polar surface area (TPSA) is 9.23 Å². The van der Waals surface area contributed by atoms with Crippen LogP contribution in [0.2, 0.25) is 0 Å². The molecule has 2 heteroatoms. The Hall–Kier alpha value is -0.770. The highest BCUT2D eigenvalue weighted by molar-refractivity contribution is 14.1. The monoisotopic (exact) mass is 310 g/mol. The second-order valence-electron chi connectivity index (χ2n) is 3.87. The van der Waals surface area contributed by atoms with Crippen molar-refractivity contribution in [1.82, 2.24) is 0 Å². The van der Waals surface area contributed by atoms with Crippen molar-refractivity contribution in [3.63, 3.8) is 0 Å². The Morgan fingerprint density at radius 1 is 1.20 bits per heavy atom. The number of hydrogen-bond acceptors (Lipinski definition) is 1. The molecule has 76 valence electrons. The lowest BCUT2D eigenvalue weighted by atomic mass is 10.0. The fourth-order valence-corrected chi connectivity index (χ4v) is 2.62. The molecule has 0 radical (unpaired) electrons. The number of benzene rings is 2. The normalized spacial score (nSPS) is 18.9. The van der Waals surface area contributed by atoms with Crippen molar-refractivity contribution in [3.8, 4) is 5.75 Å². The van der Waals surface area contributed by atoms with Crippen LogP contribution in [-0.2, 0) is 6.42 Å². The summed E-state index contributed by atoms with van der Waals surface area (Å²) in [6.07, 6.45) is 1.43. The number of rotatable bonds is 1. The average molecular weight is 310 g/mol. The van der Waals surface area contributed by atoms with Crippen LogP contribution in [0.15, 0.2) is 36.4 Å². The summed E-state index contributed by atoms with van der Waals surface area (Å²) >= 11 is 2.39. The van der Waals surface area contributed by atoms with Gasteiger partial charge in [0, 0.05) is 16.2 Å². The largest absolute Gasteiger partial charge is 0.488 e. The predicted molar refractivity (Wildman–Crippen MR) is 71.0 cm³/mol. The first-order valence-corrected chi connectivity index (χ1v) is 6.64. The van der Waals surface area contributed by atoms with Crippen molar-refractivity contribution in [3.05, 3.63) is 42.0 Å². The summed E-state index contributed by atoms with van der Waals surface area (Å²) < 4.78 is 7.02. The molecule has 1 atom stereocenters. The van der Waals surface area contributed by atoms with Gasteiger partial charge in [-0.05, 0) is 10.9 Å². The molecule has 2 aromatic rings. The third-order valence-corrected chi connectivity index (χ3v) is 3.85. The second-order valence-corrected chi connectivity index (χ2v) is 4.75. The number of fused-ring (bicyclic) bond motifs is 3. The van der Waals surface area contributed by atoms with E-state index in [1.165, 1.54) is 16.3 Å². The molecule has 1 nitrogen and oxygen atoms in total. The van der Waals surface area contributed by atoms with Gasteiger partial charge in [-0.2, -0.15) is 0 Å². The van der Waals surface area contributed by atoms with E-state index in [2.05, 4.69) is 59.0 Å². The SMILES string of the molecule is ICC1Cc2ccc3ccccc3c2O1. The average Bonchev–Trinajstić information content (AvgIpc) is 2.72. The standard InChI is InChI=1S/C13H11IO/c14-8-11-7-10-6-5-9-3-1-2-4-12(9)13(10)15-11/h1-6,11H,7-8H2. The van der Waals surface area contributed by atoms with Gasteiger partial charge in [-0.3, -0.25) is 0 Å². The quantitative estimate of drug-likeness (QED) is 0.578. The zero-order valence-electron chi connectivity index (χ0n) is 8.24. The summed E-state index contributed by atoms with van der Waals surface area (Å²) in [5, 5.41) is 2.52. The molecule has 0 spiro atoms. The maximum atomic E-state index is 5.96. The molecule has 2 aromatic carbocycles. The zero-order chi connectivity index (χ0) is 10.3. The van der Waals surface area contributed by atoms with Crippen LogP contribution in [0, 0.1) is 0 Å². The molecule has 3 rings (SSSR count). The van der Waals surface area contributed by atoms with Crippen molar-refractivity contribution < 1.29 is 4.74 Å². The van der Waals surface area contributed by atoms with Crippen LogP contribution < -0.4 is 4.74 Å². The highest BCUT2D eigenvalue weighted by Crippen LogP contribution is 2.36. The Morgan fingerprint density at radius 3 is 2.93 bits per heavy atom. The first-order chi connectivity index (χ1) is 7.38. The molecule has 0 saturated carbocycles. The van der Waals surface area contributed by atoms with Crippen molar-refractivity contribution in [2.45, 2.75) is 12.5 Å². The summed E-state index contributed by atoms with van der Waals surface area (Å²) in [5.74, 6) is 1.11. The van der Waals surface area contributed by atoms with Crippen molar-refractivity contribution in [1.29, 1.82) is 0 Å². The lowest BCUT2D eigenvalue weighted by Gasteiger charge is -2.07. The highest BCUT2D eigenvalue weighted by atomic mass is 127. The molecule has 1 heterocycles. The minimum absolute atomic E-state index is 0.367. The molecule has 0 aliphatic carbocycles. The van der Waals surface area contributed by atoms with Gasteiger partial charge in [0.1, 0.15) is 11.9 Å². The van der Waals surface area contributed by atoms with E-state index in [0.29, 0.717) is 6.10 Å². The third-order valence-electron chi connectivity index (χ3n) is 2.87. The number of ether oxygens (including phenoxy) is 1. The van der Waals surface area contributed by atoms with E-state index in [1.54, 1.807) is 0 Å². The van der Waals surface area contributed by atoms with Crippen molar-refractivity contribution in [2.75, 3.05) is 4.43 Å². The Labute approximate surface area is 103 Å². The lowest BCUT2D eigenvalue weighted by molar-refractivity contribution is 0.265. The molecule has 0 aromatic heterocycles. The molecule has 1 aliphatic rings. The van der Waals surface area contributed by atoms with Gasteiger partial charge in [0.15, 0.2) is 0 Å². The van der Waals surface area contributed by atoms with Gasteiger partial charge in [0.25, 0.3) is 0 Å². The smallest absolute Gasteiger partial charge is 0.130 e. The summed E-state index contributed by atoms with van der Waals surface area (Å²) in [6.45, 7) is 0. The molecule has 0 saturated heterocycles. The van der Waals surface area contributed by atoms with E-state index in [4.69, 9.17) is 4.74 Å². The van der Waals surface area contributed by atoms with E-state index >= 15 is 0 Å². The fraction of sp³-hybridized carbons (Fsp3) is 0.231. The fourth-order valence-electron chi connectivity index (χ4n) is 2.13. The Balaban J connectivity index is 2.20. The summed E-state index contributed by atoms with van der Waals surface area (Å²) in [7, 11) is 0. The second kappa shape index (κ2) is 3.67. The summed E-state index contributed by atoms with van der Waals surface area (Å²) in [6, 6.07) is 12.8. The number of hydrogen-bond donors (Lipinski definition) is 0. The van der Waals surface area contributed by atoms with Crippen molar-refractivity contribution >= 4 is 33.4 Å². The Bertz CT molecular complexity index is 507. The van der Waals surface area contributed by atoms with Crippen LogP contribution in [0.4, 0.5) is 0 Å². The Kier molecular flexibility index (Phi) is 2.31. The molecule has 0 N–H and O–H groups in total. The van der Waals surface area contributed by atoms with Crippen LogP contribution in [0.5, 0.6) is 5.75 Å². The lowest BCUT2D eigenvalue weighted by Crippen LogP contribution is -2.13. The molecule has 0 amide bonds. The zero-order valence-corrected chi connectivity index (χ0v) is 10.4. The number of halogens is 1. The van der Waals surface area contributed by atoms with E-state index in [0.717, 1.165) is 16.6 Å². The summed E-state index contributed by atoms with van der Waals surface area (Å²) in [5.41, 5.74) is 1.36. The molecule has 1 aliphatic heterocycles. The van der Waals surface area contributed by atoms with E-state index in [9.17, 15) is 0 Å². The molecule has 0 bridgehead atoms. The molecule has 15 heavy (non-hydrogen) atoms. The first kappa shape index (κ1) is 9.46. The molecular weight excluding hydrogens is 299 g/mol. The van der Waals surface area contributed by atoms with E-state index < -0.39 is 0 Å². The van der Waals surface area contributed by atoms with Gasteiger partial charge in [-0.15, -0.1) is 0 Å². The Morgan fingerprint density at radius 2 is 2.07 bits per heavy atom. The third kappa shape index (κ3) is 1.51. The van der Waals surface area contributed by atoms with Crippen LogP contribution >= 0.6 is 22.6 Å². The van der Waals surface area contributed by atoms with Crippen LogP contribution in [0.1, 0.15) is 5.56 Å². The highest BCUT2D eigenvalue weighted by Gasteiger charge is 2.23. The van der Waals surface area contributed by atoms with E-state index in [1.807, 2.05) is 0 Å². The molecular formula is C13H11IO. The van der Waals surface area contributed by atoms with Gasteiger partial charge in [0.2, 0.25) is 0 Å². The van der Waals surface area contributed by atoms with Crippen LogP contribution in [0.3, 0.4) is 0 Å². The van der Waals surface area contributed by atoms with Crippen molar-refractivity contribution in [2.24, 2.45) is 0 Å². The van der Waals surface area contributed by atoms with Gasteiger partial charge in [-0.1, -0.05) is 59.0 Å².